The van der Waals surface area contributed by atoms with Crippen LogP contribution in [0.1, 0.15) is 23.2 Å². The molecule has 0 spiro atoms. The number of nitrogens with zero attached hydrogens (tertiary/aromatic N) is 1. The van der Waals surface area contributed by atoms with Crippen molar-refractivity contribution in [2.24, 2.45) is 0 Å². The standard InChI is InChI=1S/C9H12BrNO3/c10-8-5-7(9(13)14)6-11(8)3-1-2-4-12/h5-6,12H,1-4H2,(H,13,14). The third-order valence-electron chi connectivity index (χ3n) is 1.90. The Morgan fingerprint density at radius 1 is 1.50 bits per heavy atom. The summed E-state index contributed by atoms with van der Waals surface area (Å²) in [6.45, 7) is 0.888. The van der Waals surface area contributed by atoms with E-state index in [1.54, 1.807) is 12.3 Å². The molecule has 14 heavy (non-hydrogen) atoms. The molecule has 0 saturated carbocycles. The van der Waals surface area contributed by atoms with Gasteiger partial charge in [-0.25, -0.2) is 4.79 Å². The minimum atomic E-state index is -0.924. The van der Waals surface area contributed by atoms with Gasteiger partial charge in [-0.2, -0.15) is 0 Å². The molecule has 0 saturated heterocycles. The molecule has 0 radical (unpaired) electrons. The molecule has 0 unspecified atom stereocenters. The minimum Gasteiger partial charge on any atom is -0.478 e. The number of carboxylic acid groups (broad SMARTS) is 1. The molecule has 0 amide bonds. The molecular weight excluding hydrogens is 250 g/mol. The summed E-state index contributed by atoms with van der Waals surface area (Å²) < 4.78 is 2.58. The van der Waals surface area contributed by atoms with Crippen LogP contribution in [0.15, 0.2) is 16.9 Å². The third-order valence-corrected chi connectivity index (χ3v) is 2.58. The van der Waals surface area contributed by atoms with E-state index in [0.29, 0.717) is 6.54 Å². The van der Waals surface area contributed by atoms with Gasteiger partial charge in [0, 0.05) is 19.3 Å². The Bertz CT molecular complexity index is 322. The molecule has 0 aromatic carbocycles. The summed E-state index contributed by atoms with van der Waals surface area (Å²) in [6.07, 6.45) is 3.15. The predicted molar refractivity (Wildman–Crippen MR) is 55.4 cm³/mol. The van der Waals surface area contributed by atoms with Crippen molar-refractivity contribution in [3.05, 3.63) is 22.4 Å². The fourth-order valence-corrected chi connectivity index (χ4v) is 1.69. The number of aromatic carboxylic acids is 1. The van der Waals surface area contributed by atoms with E-state index in [1.165, 1.54) is 0 Å². The van der Waals surface area contributed by atoms with Gasteiger partial charge in [-0.1, -0.05) is 0 Å². The van der Waals surface area contributed by atoms with Crippen molar-refractivity contribution in [2.75, 3.05) is 6.61 Å². The molecule has 1 rings (SSSR count). The molecule has 0 atom stereocenters. The lowest BCUT2D eigenvalue weighted by molar-refractivity contribution is 0.0697. The highest BCUT2D eigenvalue weighted by Gasteiger charge is 2.08. The van der Waals surface area contributed by atoms with Crippen LogP contribution >= 0.6 is 15.9 Å². The van der Waals surface area contributed by atoms with E-state index in [2.05, 4.69) is 15.9 Å². The molecule has 0 fully saturated rings. The van der Waals surface area contributed by atoms with Gasteiger partial charge in [-0.3, -0.25) is 0 Å². The van der Waals surface area contributed by atoms with Crippen molar-refractivity contribution < 1.29 is 15.0 Å². The van der Waals surface area contributed by atoms with E-state index < -0.39 is 5.97 Å². The number of aliphatic hydroxyl groups is 1. The Morgan fingerprint density at radius 2 is 2.21 bits per heavy atom. The summed E-state index contributed by atoms with van der Waals surface area (Å²) in [7, 11) is 0. The van der Waals surface area contributed by atoms with Crippen LogP contribution in [0.4, 0.5) is 0 Å². The molecule has 0 aliphatic rings. The third kappa shape index (κ3) is 2.85. The van der Waals surface area contributed by atoms with Crippen LogP contribution in [0.5, 0.6) is 0 Å². The monoisotopic (exact) mass is 261 g/mol. The first-order chi connectivity index (χ1) is 6.65. The number of aryl methyl sites for hydroxylation is 1. The van der Waals surface area contributed by atoms with E-state index >= 15 is 0 Å². The van der Waals surface area contributed by atoms with Crippen LogP contribution < -0.4 is 0 Å². The van der Waals surface area contributed by atoms with Gasteiger partial charge in [0.15, 0.2) is 0 Å². The summed E-state index contributed by atoms with van der Waals surface area (Å²) >= 11 is 3.27. The highest BCUT2D eigenvalue weighted by Crippen LogP contribution is 2.16. The van der Waals surface area contributed by atoms with E-state index in [0.717, 1.165) is 17.4 Å². The smallest absolute Gasteiger partial charge is 0.337 e. The maximum atomic E-state index is 10.6. The number of hydrogen-bond donors (Lipinski definition) is 2. The lowest BCUT2D eigenvalue weighted by Crippen LogP contribution is -1.98. The minimum absolute atomic E-state index is 0.171. The number of carbonyl (C=O) groups is 1. The van der Waals surface area contributed by atoms with Crippen LogP contribution in [0.25, 0.3) is 0 Å². The van der Waals surface area contributed by atoms with Crippen LogP contribution in [-0.2, 0) is 6.54 Å². The summed E-state index contributed by atoms with van der Waals surface area (Å²) in [4.78, 5) is 10.6. The molecule has 4 nitrogen and oxygen atoms in total. The molecule has 0 aliphatic carbocycles. The van der Waals surface area contributed by atoms with E-state index in [4.69, 9.17) is 10.2 Å². The van der Waals surface area contributed by atoms with E-state index in [-0.39, 0.29) is 12.2 Å². The Morgan fingerprint density at radius 3 is 2.71 bits per heavy atom. The number of hydrogen-bond acceptors (Lipinski definition) is 2. The normalized spacial score (nSPS) is 10.4. The highest BCUT2D eigenvalue weighted by atomic mass is 79.9. The fourth-order valence-electron chi connectivity index (χ4n) is 1.16. The van der Waals surface area contributed by atoms with Gasteiger partial charge in [0.1, 0.15) is 0 Å². The first kappa shape index (κ1) is 11.3. The molecule has 1 aromatic rings. The molecule has 0 aliphatic heterocycles. The fraction of sp³-hybridized carbons (Fsp3) is 0.444. The zero-order valence-corrected chi connectivity index (χ0v) is 9.20. The molecule has 1 heterocycles. The van der Waals surface area contributed by atoms with Crippen molar-refractivity contribution >= 4 is 21.9 Å². The Hall–Kier alpha value is -0.810. The quantitative estimate of drug-likeness (QED) is 0.794. The Kier molecular flexibility index (Phi) is 4.16. The van der Waals surface area contributed by atoms with Gasteiger partial charge in [0.2, 0.25) is 0 Å². The molecular formula is C9H12BrNO3. The predicted octanol–water partition coefficient (Wildman–Crippen LogP) is 1.72. The van der Waals surface area contributed by atoms with Crippen molar-refractivity contribution in [1.29, 1.82) is 0 Å². The number of rotatable bonds is 5. The van der Waals surface area contributed by atoms with Gasteiger partial charge in [0.25, 0.3) is 0 Å². The number of aromatic nitrogens is 1. The Balaban J connectivity index is 2.63. The van der Waals surface area contributed by atoms with Crippen molar-refractivity contribution in [1.82, 2.24) is 4.57 Å². The Labute approximate surface area is 90.3 Å². The summed E-state index contributed by atoms with van der Waals surface area (Å²) in [5, 5.41) is 17.3. The number of aliphatic hydroxyl groups excluding tert-OH is 1. The molecule has 5 heteroatoms. The molecule has 1 aromatic heterocycles. The largest absolute Gasteiger partial charge is 0.478 e. The second kappa shape index (κ2) is 5.17. The summed E-state index contributed by atoms with van der Waals surface area (Å²) in [6, 6.07) is 1.57. The van der Waals surface area contributed by atoms with Gasteiger partial charge in [-0.05, 0) is 34.8 Å². The van der Waals surface area contributed by atoms with Crippen molar-refractivity contribution in [3.63, 3.8) is 0 Å². The summed E-state index contributed by atoms with van der Waals surface area (Å²) in [5.41, 5.74) is 0.279. The maximum Gasteiger partial charge on any atom is 0.337 e. The first-order valence-corrected chi connectivity index (χ1v) is 5.14. The zero-order chi connectivity index (χ0) is 10.6. The van der Waals surface area contributed by atoms with Crippen LogP contribution in [0.3, 0.4) is 0 Å². The van der Waals surface area contributed by atoms with Crippen LogP contribution in [0.2, 0.25) is 0 Å². The van der Waals surface area contributed by atoms with Gasteiger partial charge in [0.05, 0.1) is 10.2 Å². The van der Waals surface area contributed by atoms with Crippen LogP contribution in [0, 0.1) is 0 Å². The van der Waals surface area contributed by atoms with Gasteiger partial charge < -0.3 is 14.8 Å². The highest BCUT2D eigenvalue weighted by molar-refractivity contribution is 9.10. The van der Waals surface area contributed by atoms with Crippen molar-refractivity contribution in [3.8, 4) is 0 Å². The first-order valence-electron chi connectivity index (χ1n) is 4.35. The maximum absolute atomic E-state index is 10.6. The second-order valence-electron chi connectivity index (χ2n) is 2.98. The molecule has 0 bridgehead atoms. The topological polar surface area (TPSA) is 62.5 Å². The summed E-state index contributed by atoms with van der Waals surface area (Å²) in [5.74, 6) is -0.924. The second-order valence-corrected chi connectivity index (χ2v) is 3.79. The molecule has 2 N–H and O–H groups in total. The average Bonchev–Trinajstić information content (AvgIpc) is 2.49. The van der Waals surface area contributed by atoms with E-state index in [1.807, 2.05) is 4.57 Å². The van der Waals surface area contributed by atoms with E-state index in [9.17, 15) is 4.79 Å². The number of halogens is 1. The van der Waals surface area contributed by atoms with Gasteiger partial charge >= 0.3 is 5.97 Å². The zero-order valence-electron chi connectivity index (χ0n) is 7.61. The van der Waals surface area contributed by atoms with Crippen molar-refractivity contribution in [2.45, 2.75) is 19.4 Å². The number of unbranched alkanes of at least 4 members (excludes halogenated alkanes) is 1. The SMILES string of the molecule is O=C(O)c1cc(Br)n(CCCCO)c1. The average molecular weight is 262 g/mol. The van der Waals surface area contributed by atoms with Crippen LogP contribution in [-0.4, -0.2) is 27.4 Å². The lowest BCUT2D eigenvalue weighted by Gasteiger charge is -2.02. The molecule has 78 valence electrons. The van der Waals surface area contributed by atoms with Gasteiger partial charge in [-0.15, -0.1) is 0 Å². The lowest BCUT2D eigenvalue weighted by atomic mass is 10.3. The number of carboxylic acids is 1.